The molecular formula is C25H17F3N4O. The Labute approximate surface area is 186 Å². The molecule has 0 aliphatic heterocycles. The molecule has 8 heteroatoms. The van der Waals surface area contributed by atoms with E-state index in [0.717, 1.165) is 5.69 Å². The number of benzene rings is 3. The van der Waals surface area contributed by atoms with Gasteiger partial charge in [-0.05, 0) is 35.9 Å². The molecule has 0 amide bonds. The monoisotopic (exact) mass is 446 g/mol. The van der Waals surface area contributed by atoms with Crippen molar-refractivity contribution in [2.24, 2.45) is 0 Å². The van der Waals surface area contributed by atoms with Gasteiger partial charge in [-0.3, -0.25) is 0 Å². The average molecular weight is 446 g/mol. The van der Waals surface area contributed by atoms with Crippen molar-refractivity contribution in [1.82, 2.24) is 14.3 Å². The lowest BCUT2D eigenvalue weighted by Gasteiger charge is -2.31. The highest BCUT2D eigenvalue weighted by atomic mass is 19.4. The second-order valence-electron chi connectivity index (χ2n) is 7.82. The van der Waals surface area contributed by atoms with E-state index < -0.39 is 18.3 Å². The quantitative estimate of drug-likeness (QED) is 0.407. The fourth-order valence-corrected chi connectivity index (χ4v) is 4.12. The Morgan fingerprint density at radius 1 is 0.939 bits per heavy atom. The van der Waals surface area contributed by atoms with Crippen LogP contribution in [0, 0.1) is 11.3 Å². The Kier molecular flexibility index (Phi) is 4.73. The van der Waals surface area contributed by atoms with Crippen LogP contribution in [0.3, 0.4) is 0 Å². The van der Waals surface area contributed by atoms with Gasteiger partial charge in [-0.25, -0.2) is 4.68 Å². The first kappa shape index (κ1) is 20.8. The molecule has 0 saturated carbocycles. The molecule has 0 bridgehead atoms. The number of rotatable bonds is 4. The van der Waals surface area contributed by atoms with E-state index in [-0.39, 0.29) is 11.1 Å². The molecule has 0 aliphatic rings. The van der Waals surface area contributed by atoms with Crippen molar-refractivity contribution in [3.8, 4) is 11.8 Å². The molecule has 1 atom stereocenters. The lowest BCUT2D eigenvalue weighted by Crippen LogP contribution is -2.45. The van der Waals surface area contributed by atoms with E-state index in [1.165, 1.54) is 35.2 Å². The zero-order valence-electron chi connectivity index (χ0n) is 17.2. The standard InChI is InChI=1S/C25H17F3N4O/c26-25(27,28)24(33,16-31-15-18(13-29)21-8-4-5-9-23(21)31)19-10-11-22-17(12-19)14-30-32(22)20-6-2-1-3-7-20/h1-12,14-15,33H,16H2. The third kappa shape index (κ3) is 3.34. The molecule has 5 aromatic rings. The van der Waals surface area contributed by atoms with Crippen molar-refractivity contribution >= 4 is 21.8 Å². The molecular weight excluding hydrogens is 429 g/mol. The summed E-state index contributed by atoms with van der Waals surface area (Å²) in [6.07, 6.45) is -2.15. The maximum Gasteiger partial charge on any atom is 0.423 e. The van der Waals surface area contributed by atoms with Crippen LogP contribution < -0.4 is 0 Å². The Morgan fingerprint density at radius 3 is 2.39 bits per heavy atom. The number of aromatic nitrogens is 3. The summed E-state index contributed by atoms with van der Waals surface area (Å²) in [4.78, 5) is 0. The lowest BCUT2D eigenvalue weighted by atomic mass is 9.91. The third-order valence-electron chi connectivity index (χ3n) is 5.82. The number of halogens is 3. The van der Waals surface area contributed by atoms with Crippen LogP contribution in [-0.2, 0) is 12.1 Å². The van der Waals surface area contributed by atoms with E-state index in [9.17, 15) is 23.5 Å². The number of hydrogen-bond donors (Lipinski definition) is 1. The Balaban J connectivity index is 1.62. The molecule has 0 saturated heterocycles. The highest BCUT2D eigenvalue weighted by Crippen LogP contribution is 2.42. The van der Waals surface area contributed by atoms with Crippen molar-refractivity contribution in [2.75, 3.05) is 0 Å². The van der Waals surface area contributed by atoms with Crippen LogP contribution in [-0.4, -0.2) is 25.6 Å². The SMILES string of the molecule is N#Cc1cn(CC(O)(c2ccc3c(cnn3-c3ccccc3)c2)C(F)(F)F)c2ccccc12. The average Bonchev–Trinajstić information content (AvgIpc) is 3.40. The molecule has 5 rings (SSSR count). The summed E-state index contributed by atoms with van der Waals surface area (Å²) >= 11 is 0. The fourth-order valence-electron chi connectivity index (χ4n) is 4.12. The summed E-state index contributed by atoms with van der Waals surface area (Å²) in [5.74, 6) is 0. The van der Waals surface area contributed by atoms with Gasteiger partial charge in [-0.15, -0.1) is 0 Å². The molecule has 5 nitrogen and oxygen atoms in total. The van der Waals surface area contributed by atoms with Gasteiger partial charge in [-0.1, -0.05) is 42.5 Å². The van der Waals surface area contributed by atoms with Crippen molar-refractivity contribution in [3.63, 3.8) is 0 Å². The predicted octanol–water partition coefficient (Wildman–Crippen LogP) is 5.30. The molecule has 2 aromatic heterocycles. The number of nitriles is 1. The normalized spacial score (nSPS) is 13.8. The van der Waals surface area contributed by atoms with E-state index in [1.807, 2.05) is 36.4 Å². The predicted molar refractivity (Wildman–Crippen MR) is 118 cm³/mol. The Bertz CT molecular complexity index is 1510. The topological polar surface area (TPSA) is 66.8 Å². The van der Waals surface area contributed by atoms with Gasteiger partial charge in [0.25, 0.3) is 0 Å². The van der Waals surface area contributed by atoms with Crippen LogP contribution in [0.15, 0.2) is 85.2 Å². The van der Waals surface area contributed by atoms with Crippen molar-refractivity contribution in [3.05, 3.63) is 96.3 Å². The molecule has 1 unspecified atom stereocenters. The number of nitrogens with zero attached hydrogens (tertiary/aromatic N) is 4. The maximum absolute atomic E-state index is 14.3. The second-order valence-corrected chi connectivity index (χ2v) is 7.82. The largest absolute Gasteiger partial charge is 0.423 e. The number of para-hydroxylation sites is 2. The minimum atomic E-state index is -4.96. The van der Waals surface area contributed by atoms with Crippen molar-refractivity contribution in [2.45, 2.75) is 18.3 Å². The molecule has 3 aromatic carbocycles. The van der Waals surface area contributed by atoms with Crippen LogP contribution in [0.5, 0.6) is 0 Å². The van der Waals surface area contributed by atoms with Crippen LogP contribution in [0.2, 0.25) is 0 Å². The number of hydrogen-bond acceptors (Lipinski definition) is 3. The minimum absolute atomic E-state index is 0.245. The lowest BCUT2D eigenvalue weighted by molar-refractivity contribution is -0.271. The summed E-state index contributed by atoms with van der Waals surface area (Å²) < 4.78 is 45.8. The first-order chi connectivity index (χ1) is 15.8. The van der Waals surface area contributed by atoms with Gasteiger partial charge in [0, 0.05) is 22.5 Å². The Morgan fingerprint density at radius 2 is 1.67 bits per heavy atom. The molecule has 0 aliphatic carbocycles. The number of fused-ring (bicyclic) bond motifs is 2. The first-order valence-electron chi connectivity index (χ1n) is 10.1. The smallest absolute Gasteiger partial charge is 0.375 e. The highest BCUT2D eigenvalue weighted by Gasteiger charge is 2.55. The molecule has 0 spiro atoms. The summed E-state index contributed by atoms with van der Waals surface area (Å²) in [6.45, 7) is -0.795. The molecule has 33 heavy (non-hydrogen) atoms. The maximum atomic E-state index is 14.3. The molecule has 2 heterocycles. The van der Waals surface area contributed by atoms with Gasteiger partial charge < -0.3 is 9.67 Å². The minimum Gasteiger partial charge on any atom is -0.375 e. The number of aliphatic hydroxyl groups is 1. The number of alkyl halides is 3. The molecule has 164 valence electrons. The molecule has 0 radical (unpaired) electrons. The zero-order chi connectivity index (χ0) is 23.2. The summed E-state index contributed by atoms with van der Waals surface area (Å²) in [6, 6.07) is 22.0. The van der Waals surface area contributed by atoms with Crippen molar-refractivity contribution in [1.29, 1.82) is 5.26 Å². The van der Waals surface area contributed by atoms with E-state index in [1.54, 1.807) is 28.9 Å². The molecule has 1 N–H and O–H groups in total. The third-order valence-corrected chi connectivity index (χ3v) is 5.82. The summed E-state index contributed by atoms with van der Waals surface area (Å²) in [7, 11) is 0. The first-order valence-corrected chi connectivity index (χ1v) is 10.1. The molecule has 0 fully saturated rings. The van der Waals surface area contributed by atoms with E-state index in [2.05, 4.69) is 5.10 Å². The second kappa shape index (κ2) is 7.50. The van der Waals surface area contributed by atoms with Gasteiger partial charge in [0.15, 0.2) is 0 Å². The highest BCUT2D eigenvalue weighted by molar-refractivity contribution is 5.86. The van der Waals surface area contributed by atoms with Crippen LogP contribution in [0.25, 0.3) is 27.5 Å². The van der Waals surface area contributed by atoms with Crippen LogP contribution in [0.4, 0.5) is 13.2 Å². The van der Waals surface area contributed by atoms with E-state index in [0.29, 0.717) is 21.8 Å². The van der Waals surface area contributed by atoms with Gasteiger partial charge in [0.05, 0.1) is 29.5 Å². The summed E-state index contributed by atoms with van der Waals surface area (Å²) in [5.41, 5.74) is -1.40. The fraction of sp³-hybridized carbons (Fsp3) is 0.120. The van der Waals surface area contributed by atoms with Gasteiger partial charge in [0.1, 0.15) is 6.07 Å². The van der Waals surface area contributed by atoms with Gasteiger partial charge in [-0.2, -0.15) is 23.5 Å². The summed E-state index contributed by atoms with van der Waals surface area (Å²) in [5, 5.41) is 25.7. The van der Waals surface area contributed by atoms with Crippen molar-refractivity contribution < 1.29 is 18.3 Å². The zero-order valence-corrected chi connectivity index (χ0v) is 17.2. The Hall–Kier alpha value is -4.09. The van der Waals surface area contributed by atoms with Gasteiger partial charge >= 0.3 is 6.18 Å². The van der Waals surface area contributed by atoms with Gasteiger partial charge in [0.2, 0.25) is 5.60 Å². The van der Waals surface area contributed by atoms with E-state index >= 15 is 0 Å². The van der Waals surface area contributed by atoms with E-state index in [4.69, 9.17) is 0 Å². The van der Waals surface area contributed by atoms with Crippen LogP contribution >= 0.6 is 0 Å². The van der Waals surface area contributed by atoms with Crippen LogP contribution in [0.1, 0.15) is 11.1 Å².